The zero-order valence-electron chi connectivity index (χ0n) is 15.0. The molecule has 0 bridgehead atoms. The number of carbonyl (C=O) groups is 3. The number of primary amides is 1. The molecule has 6 unspecified atom stereocenters. The Bertz CT molecular complexity index is 555. The Labute approximate surface area is 149 Å². The number of carbonyl (C=O) groups excluding carboxylic acids is 3. The molecule has 148 valence electrons. The van der Waals surface area contributed by atoms with E-state index in [4.69, 9.17) is 38.9 Å². The predicted octanol–water partition coefficient (Wildman–Crippen LogP) is -0.204. The Morgan fingerprint density at radius 2 is 1.77 bits per heavy atom. The summed E-state index contributed by atoms with van der Waals surface area (Å²) in [6, 6.07) is 0. The van der Waals surface area contributed by atoms with E-state index in [0.29, 0.717) is 0 Å². The maximum atomic E-state index is 11.5. The van der Waals surface area contributed by atoms with Crippen LogP contribution < -0.4 is 5.73 Å². The molecule has 11 heteroatoms. The zero-order valence-corrected chi connectivity index (χ0v) is 15.0. The van der Waals surface area contributed by atoms with Gasteiger partial charge in [-0.25, -0.2) is 4.79 Å². The van der Waals surface area contributed by atoms with Gasteiger partial charge in [0.25, 0.3) is 5.97 Å². The van der Waals surface area contributed by atoms with Gasteiger partial charge in [-0.2, -0.15) is 0 Å². The monoisotopic (exact) mass is 377 g/mol. The number of hydrogen-bond donors (Lipinski definition) is 1. The van der Waals surface area contributed by atoms with Crippen LogP contribution in [0.2, 0.25) is 0 Å². The minimum atomic E-state index is -1.46. The third-order valence-corrected chi connectivity index (χ3v) is 3.68. The lowest BCUT2D eigenvalue weighted by molar-refractivity contribution is -0.342. The van der Waals surface area contributed by atoms with Crippen molar-refractivity contribution >= 4 is 18.0 Å². The van der Waals surface area contributed by atoms with Crippen molar-refractivity contribution in [3.63, 3.8) is 0 Å². The number of hydrogen-bond acceptors (Lipinski definition) is 10. The fourth-order valence-corrected chi connectivity index (χ4v) is 2.85. The maximum Gasteiger partial charge on any atom is 0.405 e. The highest BCUT2D eigenvalue weighted by Gasteiger charge is 2.59. The molecule has 0 aromatic rings. The second-order valence-electron chi connectivity index (χ2n) is 5.82. The predicted molar refractivity (Wildman–Crippen MR) is 81.3 cm³/mol. The first-order valence-electron chi connectivity index (χ1n) is 8.07. The molecule has 2 rings (SSSR count). The van der Waals surface area contributed by atoms with Crippen molar-refractivity contribution < 1.29 is 47.5 Å². The van der Waals surface area contributed by atoms with Gasteiger partial charge in [-0.15, -0.1) is 0 Å². The van der Waals surface area contributed by atoms with Crippen LogP contribution in [0.4, 0.5) is 4.79 Å². The second-order valence-corrected chi connectivity index (χ2v) is 5.82. The molecule has 2 fully saturated rings. The molecule has 2 heterocycles. The Balaban J connectivity index is 2.29. The molecule has 0 saturated carbocycles. The lowest BCUT2D eigenvalue weighted by Gasteiger charge is -2.40. The average molecular weight is 377 g/mol. The summed E-state index contributed by atoms with van der Waals surface area (Å²) >= 11 is 0. The van der Waals surface area contributed by atoms with Gasteiger partial charge in [0, 0.05) is 27.4 Å². The van der Waals surface area contributed by atoms with Crippen molar-refractivity contribution in [2.75, 3.05) is 13.2 Å². The summed E-state index contributed by atoms with van der Waals surface area (Å²) in [5.74, 6) is -2.68. The van der Waals surface area contributed by atoms with Crippen LogP contribution >= 0.6 is 0 Å². The van der Waals surface area contributed by atoms with E-state index in [-0.39, 0.29) is 13.2 Å². The molecule has 26 heavy (non-hydrogen) atoms. The van der Waals surface area contributed by atoms with E-state index in [9.17, 15) is 14.4 Å². The summed E-state index contributed by atoms with van der Waals surface area (Å²) in [6.45, 7) is 5.66. The van der Waals surface area contributed by atoms with Crippen LogP contribution in [0.3, 0.4) is 0 Å². The fourth-order valence-electron chi connectivity index (χ4n) is 2.85. The third-order valence-electron chi connectivity index (χ3n) is 3.68. The summed E-state index contributed by atoms with van der Waals surface area (Å²) in [4.78, 5) is 34.0. The van der Waals surface area contributed by atoms with Gasteiger partial charge in [0.1, 0.15) is 12.7 Å². The molecule has 2 N–H and O–H groups in total. The Morgan fingerprint density at radius 3 is 2.31 bits per heavy atom. The van der Waals surface area contributed by atoms with Crippen molar-refractivity contribution in [3.8, 4) is 0 Å². The quantitative estimate of drug-likeness (QED) is 0.488. The standard InChI is InChI=1S/C15H23NO10/c1-5-21-15(4)25-12-11(24-14(16)19)10(22-8(3)18)9(6-20-7(2)17)23-13(12)26-15/h9-13H,5-6H2,1-4H3,(H2,16,19). The van der Waals surface area contributed by atoms with E-state index in [1.807, 2.05) is 0 Å². The van der Waals surface area contributed by atoms with Crippen LogP contribution in [-0.4, -0.2) is 67.9 Å². The summed E-state index contributed by atoms with van der Waals surface area (Å²) < 4.78 is 37.7. The molecule has 0 radical (unpaired) electrons. The van der Waals surface area contributed by atoms with Gasteiger partial charge in [0.05, 0.1) is 0 Å². The summed E-state index contributed by atoms with van der Waals surface area (Å²) in [6.07, 6.45) is -6.36. The van der Waals surface area contributed by atoms with Gasteiger partial charge in [0.2, 0.25) is 0 Å². The number of amides is 1. The molecule has 0 spiro atoms. The van der Waals surface area contributed by atoms with Crippen LogP contribution in [0.15, 0.2) is 0 Å². The van der Waals surface area contributed by atoms with Gasteiger partial charge in [-0.05, 0) is 6.92 Å². The minimum Gasteiger partial charge on any atom is -0.463 e. The molecule has 2 saturated heterocycles. The van der Waals surface area contributed by atoms with Gasteiger partial charge >= 0.3 is 18.0 Å². The molecular formula is C15H23NO10. The van der Waals surface area contributed by atoms with E-state index >= 15 is 0 Å². The highest BCUT2D eigenvalue weighted by atomic mass is 16.9. The average Bonchev–Trinajstić information content (AvgIpc) is 2.83. The highest BCUT2D eigenvalue weighted by Crippen LogP contribution is 2.39. The molecule has 2 aliphatic heterocycles. The van der Waals surface area contributed by atoms with Crippen LogP contribution in [0, 0.1) is 0 Å². The van der Waals surface area contributed by atoms with Crippen LogP contribution in [0.5, 0.6) is 0 Å². The van der Waals surface area contributed by atoms with Gasteiger partial charge in [-0.3, -0.25) is 14.3 Å². The number of fused-ring (bicyclic) bond motifs is 1. The topological polar surface area (TPSA) is 142 Å². The number of rotatable bonds is 6. The maximum absolute atomic E-state index is 11.5. The summed E-state index contributed by atoms with van der Waals surface area (Å²) in [5.41, 5.74) is 5.14. The SMILES string of the molecule is CCOC1(C)OC2OC(COC(C)=O)C(OC(C)=O)C(OC(N)=O)C2O1. The van der Waals surface area contributed by atoms with Crippen LogP contribution in [-0.2, 0) is 42.7 Å². The van der Waals surface area contributed by atoms with E-state index in [0.717, 1.165) is 0 Å². The van der Waals surface area contributed by atoms with Crippen molar-refractivity contribution in [2.24, 2.45) is 5.73 Å². The molecule has 0 aromatic heterocycles. The lowest BCUT2D eigenvalue weighted by Crippen LogP contribution is -2.60. The number of esters is 2. The highest BCUT2D eigenvalue weighted by molar-refractivity contribution is 5.67. The first-order valence-corrected chi connectivity index (χ1v) is 8.07. The largest absolute Gasteiger partial charge is 0.463 e. The van der Waals surface area contributed by atoms with Crippen molar-refractivity contribution in [2.45, 2.75) is 64.4 Å². The molecule has 0 aromatic carbocycles. The normalized spacial score (nSPS) is 36.1. The van der Waals surface area contributed by atoms with E-state index in [1.54, 1.807) is 6.92 Å². The summed E-state index contributed by atoms with van der Waals surface area (Å²) in [5, 5.41) is 0. The summed E-state index contributed by atoms with van der Waals surface area (Å²) in [7, 11) is 0. The molecule has 1 amide bonds. The van der Waals surface area contributed by atoms with E-state index < -0.39 is 54.7 Å². The Morgan fingerprint density at radius 1 is 1.08 bits per heavy atom. The van der Waals surface area contributed by atoms with Gasteiger partial charge < -0.3 is 34.2 Å². The van der Waals surface area contributed by atoms with Gasteiger partial charge in [0.15, 0.2) is 24.6 Å². The smallest absolute Gasteiger partial charge is 0.405 e. The van der Waals surface area contributed by atoms with Crippen molar-refractivity contribution in [1.29, 1.82) is 0 Å². The first-order chi connectivity index (χ1) is 12.1. The molecule has 11 nitrogen and oxygen atoms in total. The van der Waals surface area contributed by atoms with E-state index in [1.165, 1.54) is 20.8 Å². The minimum absolute atomic E-state index is 0.260. The van der Waals surface area contributed by atoms with Crippen LogP contribution in [0.1, 0.15) is 27.7 Å². The number of nitrogens with two attached hydrogens (primary N) is 1. The van der Waals surface area contributed by atoms with Gasteiger partial charge in [-0.1, -0.05) is 0 Å². The van der Waals surface area contributed by atoms with Crippen molar-refractivity contribution in [1.82, 2.24) is 0 Å². The van der Waals surface area contributed by atoms with Crippen LogP contribution in [0.25, 0.3) is 0 Å². The molecular weight excluding hydrogens is 354 g/mol. The van der Waals surface area contributed by atoms with Crippen molar-refractivity contribution in [3.05, 3.63) is 0 Å². The molecule has 6 atom stereocenters. The van der Waals surface area contributed by atoms with E-state index in [2.05, 4.69) is 0 Å². The first kappa shape index (κ1) is 20.4. The second kappa shape index (κ2) is 8.16. The Kier molecular flexibility index (Phi) is 6.39. The Hall–Kier alpha value is -1.95. The number of ether oxygens (including phenoxy) is 7. The lowest BCUT2D eigenvalue weighted by atomic mass is 9.98. The third kappa shape index (κ3) is 4.81. The zero-order chi connectivity index (χ0) is 19.5. The molecule has 0 aliphatic carbocycles. The molecule has 2 aliphatic rings. The fraction of sp³-hybridized carbons (Fsp3) is 0.800.